The van der Waals surface area contributed by atoms with Crippen LogP contribution < -0.4 is 10.2 Å². The van der Waals surface area contributed by atoms with Gasteiger partial charge in [-0.05, 0) is 39.5 Å². The van der Waals surface area contributed by atoms with Gasteiger partial charge in [-0.3, -0.25) is 0 Å². The number of anilines is 2. The fourth-order valence-electron chi connectivity index (χ4n) is 2.70. The molecule has 2 N–H and O–H groups in total. The molecule has 0 saturated carbocycles. The third-order valence-electron chi connectivity index (χ3n) is 3.64. The van der Waals surface area contributed by atoms with E-state index in [0.717, 1.165) is 37.3 Å². The zero-order valence-electron chi connectivity index (χ0n) is 11.9. The molecule has 0 amide bonds. The first-order valence-corrected chi connectivity index (χ1v) is 7.21. The van der Waals surface area contributed by atoms with E-state index in [0.29, 0.717) is 12.0 Å². The first-order valence-electron chi connectivity index (χ1n) is 7.21. The predicted octanol–water partition coefficient (Wildman–Crippen LogP) is 1.96. The minimum absolute atomic E-state index is 0.241. The van der Waals surface area contributed by atoms with Crippen LogP contribution in [0, 0.1) is 6.92 Å². The van der Waals surface area contributed by atoms with Crippen molar-refractivity contribution in [2.75, 3.05) is 29.9 Å². The van der Waals surface area contributed by atoms with Crippen LogP contribution in [0.15, 0.2) is 6.20 Å². The molecule has 1 atom stereocenters. The van der Waals surface area contributed by atoms with E-state index in [1.807, 2.05) is 13.1 Å². The molecule has 1 saturated heterocycles. The average molecular weight is 264 g/mol. The molecule has 2 rings (SSSR count). The summed E-state index contributed by atoms with van der Waals surface area (Å²) in [7, 11) is 0. The average Bonchev–Trinajstić information content (AvgIpc) is 2.42. The molecule has 1 aliphatic rings. The largest absolute Gasteiger partial charge is 0.396 e. The van der Waals surface area contributed by atoms with Gasteiger partial charge in [0.05, 0.1) is 0 Å². The summed E-state index contributed by atoms with van der Waals surface area (Å²) in [5.74, 6) is 1.71. The molecule has 1 unspecified atom stereocenters. The topological polar surface area (TPSA) is 61.3 Å². The zero-order valence-corrected chi connectivity index (χ0v) is 11.9. The Balaban J connectivity index is 2.24. The van der Waals surface area contributed by atoms with Crippen LogP contribution in [0.3, 0.4) is 0 Å². The van der Waals surface area contributed by atoms with Gasteiger partial charge >= 0.3 is 0 Å². The van der Waals surface area contributed by atoms with E-state index < -0.39 is 0 Å². The minimum atomic E-state index is 0.241. The van der Waals surface area contributed by atoms with Crippen LogP contribution >= 0.6 is 0 Å². The maximum absolute atomic E-state index is 9.22. The molecular weight excluding hydrogens is 240 g/mol. The van der Waals surface area contributed by atoms with E-state index in [2.05, 4.69) is 27.1 Å². The van der Waals surface area contributed by atoms with Crippen LogP contribution in [-0.4, -0.2) is 40.8 Å². The number of rotatable bonds is 5. The predicted molar refractivity (Wildman–Crippen MR) is 77.6 cm³/mol. The molecular formula is C14H24N4O. The van der Waals surface area contributed by atoms with Crippen molar-refractivity contribution in [1.29, 1.82) is 0 Å². The number of nitrogens with zero attached hydrogens (tertiary/aromatic N) is 3. The Labute approximate surface area is 115 Å². The maximum Gasteiger partial charge on any atom is 0.224 e. The lowest BCUT2D eigenvalue weighted by molar-refractivity contribution is 0.262. The lowest BCUT2D eigenvalue weighted by Gasteiger charge is -2.37. The van der Waals surface area contributed by atoms with E-state index in [1.165, 1.54) is 12.8 Å². The number of hydrogen-bond donors (Lipinski definition) is 2. The Morgan fingerprint density at radius 1 is 1.47 bits per heavy atom. The first kappa shape index (κ1) is 14.1. The third-order valence-corrected chi connectivity index (χ3v) is 3.64. The second-order valence-electron chi connectivity index (χ2n) is 5.09. The van der Waals surface area contributed by atoms with Crippen LogP contribution in [0.5, 0.6) is 0 Å². The summed E-state index contributed by atoms with van der Waals surface area (Å²) in [5.41, 5.74) is 1.10. The van der Waals surface area contributed by atoms with Gasteiger partial charge in [0.1, 0.15) is 5.82 Å². The van der Waals surface area contributed by atoms with Crippen LogP contribution in [-0.2, 0) is 0 Å². The normalized spacial score (nSPS) is 19.5. The number of piperidine rings is 1. The standard InChI is InChI=1S/C14H24N4O/c1-3-15-14-16-10-11(2)13(17-14)18-8-5-4-6-12(18)7-9-19/h10,12,19H,3-9H2,1-2H3,(H,15,16,17). The lowest BCUT2D eigenvalue weighted by Crippen LogP contribution is -2.41. The van der Waals surface area contributed by atoms with E-state index in [4.69, 9.17) is 0 Å². The van der Waals surface area contributed by atoms with Gasteiger partial charge in [0, 0.05) is 37.5 Å². The van der Waals surface area contributed by atoms with Crippen LogP contribution in [0.2, 0.25) is 0 Å². The Morgan fingerprint density at radius 2 is 2.32 bits per heavy atom. The molecule has 1 fully saturated rings. The fraction of sp³-hybridized carbons (Fsp3) is 0.714. The Morgan fingerprint density at radius 3 is 3.05 bits per heavy atom. The SMILES string of the molecule is CCNc1ncc(C)c(N2CCCCC2CCO)n1. The van der Waals surface area contributed by atoms with E-state index in [9.17, 15) is 5.11 Å². The summed E-state index contributed by atoms with van der Waals surface area (Å²) >= 11 is 0. The number of hydrogen-bond acceptors (Lipinski definition) is 5. The van der Waals surface area contributed by atoms with Gasteiger partial charge in [0.25, 0.3) is 0 Å². The van der Waals surface area contributed by atoms with E-state index >= 15 is 0 Å². The molecule has 1 aliphatic heterocycles. The molecule has 0 radical (unpaired) electrons. The van der Waals surface area contributed by atoms with Crippen LogP contribution in [0.4, 0.5) is 11.8 Å². The van der Waals surface area contributed by atoms with Gasteiger partial charge in [0.2, 0.25) is 5.95 Å². The highest BCUT2D eigenvalue weighted by Crippen LogP contribution is 2.27. The zero-order chi connectivity index (χ0) is 13.7. The van der Waals surface area contributed by atoms with Crippen molar-refractivity contribution >= 4 is 11.8 Å². The summed E-state index contributed by atoms with van der Waals surface area (Å²) in [4.78, 5) is 11.3. The van der Waals surface area contributed by atoms with Crippen LogP contribution in [0.25, 0.3) is 0 Å². The smallest absolute Gasteiger partial charge is 0.224 e. The monoisotopic (exact) mass is 264 g/mol. The number of aryl methyl sites for hydroxylation is 1. The number of aliphatic hydroxyl groups is 1. The highest BCUT2D eigenvalue weighted by Gasteiger charge is 2.24. The van der Waals surface area contributed by atoms with Crippen molar-refractivity contribution in [3.63, 3.8) is 0 Å². The molecule has 1 aromatic rings. The molecule has 2 heterocycles. The Bertz CT molecular complexity index is 408. The molecule has 5 heteroatoms. The number of aromatic nitrogens is 2. The number of nitrogens with one attached hydrogen (secondary N) is 1. The molecule has 1 aromatic heterocycles. The van der Waals surface area contributed by atoms with Gasteiger partial charge < -0.3 is 15.3 Å². The van der Waals surface area contributed by atoms with Gasteiger partial charge in [-0.25, -0.2) is 4.98 Å². The summed E-state index contributed by atoms with van der Waals surface area (Å²) in [6.45, 7) is 6.18. The third kappa shape index (κ3) is 3.35. The molecule has 0 aromatic carbocycles. The second kappa shape index (κ2) is 6.70. The summed E-state index contributed by atoms with van der Waals surface area (Å²) in [6, 6.07) is 0.404. The van der Waals surface area contributed by atoms with Gasteiger partial charge in [-0.2, -0.15) is 4.98 Å². The van der Waals surface area contributed by atoms with Crippen molar-refractivity contribution in [3.05, 3.63) is 11.8 Å². The van der Waals surface area contributed by atoms with Gasteiger partial charge in [0.15, 0.2) is 0 Å². The highest BCUT2D eigenvalue weighted by molar-refractivity contribution is 5.50. The van der Waals surface area contributed by atoms with Gasteiger partial charge in [-0.1, -0.05) is 0 Å². The highest BCUT2D eigenvalue weighted by atomic mass is 16.3. The first-order chi connectivity index (χ1) is 9.26. The van der Waals surface area contributed by atoms with E-state index in [-0.39, 0.29) is 6.61 Å². The van der Waals surface area contributed by atoms with Crippen molar-refractivity contribution in [2.45, 2.75) is 45.6 Å². The lowest BCUT2D eigenvalue weighted by atomic mass is 9.99. The summed E-state index contributed by atoms with van der Waals surface area (Å²) in [6.07, 6.45) is 6.28. The molecule has 106 valence electrons. The van der Waals surface area contributed by atoms with E-state index in [1.54, 1.807) is 0 Å². The Kier molecular flexibility index (Phi) is 4.96. The molecule has 5 nitrogen and oxygen atoms in total. The Hall–Kier alpha value is -1.36. The van der Waals surface area contributed by atoms with Crippen molar-refractivity contribution in [2.24, 2.45) is 0 Å². The maximum atomic E-state index is 9.22. The summed E-state index contributed by atoms with van der Waals surface area (Å²) in [5, 5.41) is 12.4. The van der Waals surface area contributed by atoms with Crippen molar-refractivity contribution in [1.82, 2.24) is 9.97 Å². The molecule has 0 spiro atoms. The quantitative estimate of drug-likeness (QED) is 0.851. The van der Waals surface area contributed by atoms with Gasteiger partial charge in [-0.15, -0.1) is 0 Å². The fourth-order valence-corrected chi connectivity index (χ4v) is 2.70. The molecule has 0 bridgehead atoms. The molecule has 0 aliphatic carbocycles. The van der Waals surface area contributed by atoms with Crippen molar-refractivity contribution in [3.8, 4) is 0 Å². The van der Waals surface area contributed by atoms with Crippen molar-refractivity contribution < 1.29 is 5.11 Å². The number of aliphatic hydroxyl groups excluding tert-OH is 1. The summed E-state index contributed by atoms with van der Waals surface area (Å²) < 4.78 is 0. The molecule has 19 heavy (non-hydrogen) atoms. The second-order valence-corrected chi connectivity index (χ2v) is 5.09. The van der Waals surface area contributed by atoms with Crippen LogP contribution in [0.1, 0.15) is 38.2 Å². The minimum Gasteiger partial charge on any atom is -0.396 e.